The Balaban J connectivity index is 1.80. The van der Waals surface area contributed by atoms with E-state index in [9.17, 15) is 15.5 Å². The van der Waals surface area contributed by atoms with E-state index in [0.717, 1.165) is 6.42 Å². The minimum atomic E-state index is -1.04. The van der Waals surface area contributed by atoms with E-state index in [1.807, 2.05) is 0 Å². The zero-order valence-corrected chi connectivity index (χ0v) is 16.3. The van der Waals surface area contributed by atoms with Gasteiger partial charge in [-0.3, -0.25) is 0 Å². The van der Waals surface area contributed by atoms with Crippen LogP contribution in [0.15, 0.2) is 0 Å². The van der Waals surface area contributed by atoms with Gasteiger partial charge in [-0.05, 0) is 36.5 Å². The zero-order valence-electron chi connectivity index (χ0n) is 16.3. The number of ether oxygens (including phenoxy) is 2. The largest absolute Gasteiger partial charge is 0.367 e. The van der Waals surface area contributed by atoms with Gasteiger partial charge >= 0.3 is 0 Å². The SMILES string of the molecule is CC(C)CC(C)(C(C)C)C(O)OC1C2CC3(C#N)C(O)OC1C3C2C. The molecule has 2 saturated carbocycles. The van der Waals surface area contributed by atoms with E-state index in [4.69, 9.17) is 9.47 Å². The van der Waals surface area contributed by atoms with Crippen molar-refractivity contribution in [3.63, 3.8) is 0 Å². The molecule has 0 aromatic rings. The second-order valence-electron chi connectivity index (χ2n) is 9.57. The van der Waals surface area contributed by atoms with Crippen LogP contribution < -0.4 is 0 Å². The van der Waals surface area contributed by atoms with Gasteiger partial charge in [-0.2, -0.15) is 5.26 Å². The summed E-state index contributed by atoms with van der Waals surface area (Å²) in [4.78, 5) is 0. The average molecular weight is 351 g/mol. The van der Waals surface area contributed by atoms with Crippen LogP contribution in [0.25, 0.3) is 0 Å². The molecule has 0 aromatic carbocycles. The maximum absolute atomic E-state index is 11.0. The quantitative estimate of drug-likeness (QED) is 0.719. The first-order valence-electron chi connectivity index (χ1n) is 9.66. The van der Waals surface area contributed by atoms with Crippen LogP contribution in [0.2, 0.25) is 0 Å². The van der Waals surface area contributed by atoms with Gasteiger partial charge in [0.25, 0.3) is 0 Å². The number of hydrogen-bond acceptors (Lipinski definition) is 5. The van der Waals surface area contributed by atoms with Gasteiger partial charge in [0, 0.05) is 11.3 Å². The van der Waals surface area contributed by atoms with Crippen LogP contribution in [0.4, 0.5) is 0 Å². The van der Waals surface area contributed by atoms with E-state index in [1.165, 1.54) is 0 Å². The molecule has 1 heterocycles. The molecule has 0 aromatic heterocycles. The predicted molar refractivity (Wildman–Crippen MR) is 93.0 cm³/mol. The van der Waals surface area contributed by atoms with Crippen molar-refractivity contribution in [2.45, 2.75) is 79.2 Å². The number of nitriles is 1. The fourth-order valence-electron chi connectivity index (χ4n) is 5.76. The molecule has 9 unspecified atom stereocenters. The molecule has 3 rings (SSSR count). The molecule has 5 nitrogen and oxygen atoms in total. The molecule has 3 aliphatic rings. The molecule has 142 valence electrons. The van der Waals surface area contributed by atoms with E-state index in [1.54, 1.807) is 0 Å². The molecule has 2 N–H and O–H groups in total. The molecule has 25 heavy (non-hydrogen) atoms. The number of aliphatic hydroxyl groups is 2. The van der Waals surface area contributed by atoms with E-state index >= 15 is 0 Å². The van der Waals surface area contributed by atoms with Crippen LogP contribution >= 0.6 is 0 Å². The lowest BCUT2D eigenvalue weighted by molar-refractivity contribution is -0.241. The summed E-state index contributed by atoms with van der Waals surface area (Å²) >= 11 is 0. The minimum absolute atomic E-state index is 0.00916. The Bertz CT molecular complexity index is 558. The Kier molecular flexibility index (Phi) is 4.73. The van der Waals surface area contributed by atoms with Crippen LogP contribution in [-0.4, -0.2) is 35.0 Å². The van der Waals surface area contributed by atoms with Crippen molar-refractivity contribution in [3.05, 3.63) is 0 Å². The highest BCUT2D eigenvalue weighted by atomic mass is 16.7. The van der Waals surface area contributed by atoms with E-state index in [0.29, 0.717) is 12.3 Å². The summed E-state index contributed by atoms with van der Waals surface area (Å²) in [7, 11) is 0. The van der Waals surface area contributed by atoms with Gasteiger partial charge in [0.2, 0.25) is 0 Å². The molecular formula is C20H33NO4. The summed E-state index contributed by atoms with van der Waals surface area (Å²) in [5.74, 6) is 1.13. The lowest BCUT2D eigenvalue weighted by Crippen LogP contribution is -2.47. The molecule has 0 amide bonds. The predicted octanol–water partition coefficient (Wildman–Crippen LogP) is 2.91. The summed E-state index contributed by atoms with van der Waals surface area (Å²) in [6.45, 7) is 12.8. The van der Waals surface area contributed by atoms with Crippen molar-refractivity contribution >= 4 is 0 Å². The normalized spacial score (nSPS) is 45.8. The van der Waals surface area contributed by atoms with Crippen molar-refractivity contribution in [1.29, 1.82) is 5.26 Å². The van der Waals surface area contributed by atoms with E-state index in [2.05, 4.69) is 47.6 Å². The summed E-state index contributed by atoms with van der Waals surface area (Å²) < 4.78 is 12.0. The molecular weight excluding hydrogens is 318 g/mol. The molecule has 1 aliphatic heterocycles. The third kappa shape index (κ3) is 2.56. The standard InChI is InChI=1S/C20H33NO4/c1-10(2)7-19(6,11(3)4)17(22)24-15-13-8-20(9-21)14(12(13)5)16(15)25-18(20)23/h10-18,22-23H,7-8H2,1-6H3. The summed E-state index contributed by atoms with van der Waals surface area (Å²) in [5, 5.41) is 30.9. The monoisotopic (exact) mass is 351 g/mol. The van der Waals surface area contributed by atoms with Crippen LogP contribution in [0.5, 0.6) is 0 Å². The molecule has 9 atom stereocenters. The zero-order chi connectivity index (χ0) is 18.7. The Morgan fingerprint density at radius 1 is 1.36 bits per heavy atom. The summed E-state index contributed by atoms with van der Waals surface area (Å²) in [6.07, 6.45) is -1.01. The molecule has 0 radical (unpaired) electrons. The van der Waals surface area contributed by atoms with Crippen molar-refractivity contribution in [2.24, 2.45) is 40.4 Å². The molecule has 3 fully saturated rings. The van der Waals surface area contributed by atoms with Crippen LogP contribution in [-0.2, 0) is 9.47 Å². The van der Waals surface area contributed by atoms with Gasteiger partial charge in [-0.1, -0.05) is 41.5 Å². The highest BCUT2D eigenvalue weighted by Gasteiger charge is 2.73. The van der Waals surface area contributed by atoms with Crippen LogP contribution in [0, 0.1) is 51.8 Å². The van der Waals surface area contributed by atoms with Crippen LogP contribution in [0.1, 0.15) is 54.4 Å². The molecule has 2 aliphatic carbocycles. The van der Waals surface area contributed by atoms with Crippen molar-refractivity contribution in [1.82, 2.24) is 0 Å². The minimum Gasteiger partial charge on any atom is -0.367 e. The molecule has 1 saturated heterocycles. The van der Waals surface area contributed by atoms with Crippen molar-refractivity contribution in [3.8, 4) is 6.07 Å². The Hall–Kier alpha value is -0.670. The molecule has 0 spiro atoms. The number of aliphatic hydroxyl groups excluding tert-OH is 2. The fraction of sp³-hybridized carbons (Fsp3) is 0.950. The van der Waals surface area contributed by atoms with Gasteiger partial charge < -0.3 is 19.7 Å². The fourth-order valence-corrected chi connectivity index (χ4v) is 5.76. The van der Waals surface area contributed by atoms with Gasteiger partial charge in [-0.25, -0.2) is 0 Å². The first-order chi connectivity index (χ1) is 11.6. The van der Waals surface area contributed by atoms with E-state index < -0.39 is 18.0 Å². The second-order valence-corrected chi connectivity index (χ2v) is 9.57. The highest BCUT2D eigenvalue weighted by molar-refractivity contribution is 5.24. The van der Waals surface area contributed by atoms with Crippen LogP contribution in [0.3, 0.4) is 0 Å². The lowest BCUT2D eigenvalue weighted by atomic mass is 9.72. The first-order valence-corrected chi connectivity index (χ1v) is 9.66. The molecule has 2 bridgehead atoms. The number of nitrogens with zero attached hydrogens (tertiary/aromatic N) is 1. The van der Waals surface area contributed by atoms with Gasteiger partial charge in [0.15, 0.2) is 12.6 Å². The Labute approximate surface area is 151 Å². The number of fused-ring (bicyclic) bond motifs is 1. The van der Waals surface area contributed by atoms with Crippen molar-refractivity contribution in [2.75, 3.05) is 0 Å². The maximum atomic E-state index is 11.0. The average Bonchev–Trinajstić information content (AvgIpc) is 3.03. The Morgan fingerprint density at radius 2 is 2.00 bits per heavy atom. The second kappa shape index (κ2) is 6.20. The molecule has 5 heteroatoms. The summed E-state index contributed by atoms with van der Waals surface area (Å²) in [6, 6.07) is 2.34. The van der Waals surface area contributed by atoms with E-state index in [-0.39, 0.29) is 41.3 Å². The highest BCUT2D eigenvalue weighted by Crippen LogP contribution is 2.66. The Morgan fingerprint density at radius 3 is 2.52 bits per heavy atom. The topological polar surface area (TPSA) is 82.7 Å². The lowest BCUT2D eigenvalue weighted by Gasteiger charge is -2.42. The number of rotatable bonds is 6. The third-order valence-corrected chi connectivity index (χ3v) is 7.46. The number of hydrogen-bond donors (Lipinski definition) is 2. The maximum Gasteiger partial charge on any atom is 0.174 e. The summed E-state index contributed by atoms with van der Waals surface area (Å²) in [5.41, 5.74) is -1.14. The third-order valence-electron chi connectivity index (χ3n) is 7.46. The van der Waals surface area contributed by atoms with Gasteiger partial charge in [0.1, 0.15) is 5.41 Å². The van der Waals surface area contributed by atoms with Crippen molar-refractivity contribution < 1.29 is 19.7 Å². The first kappa shape index (κ1) is 19.1. The van der Waals surface area contributed by atoms with Gasteiger partial charge in [-0.15, -0.1) is 0 Å². The van der Waals surface area contributed by atoms with Gasteiger partial charge in [0.05, 0.1) is 18.3 Å². The smallest absolute Gasteiger partial charge is 0.174 e.